The van der Waals surface area contributed by atoms with Gasteiger partial charge < -0.3 is 19.8 Å². The van der Waals surface area contributed by atoms with Gasteiger partial charge in [0.15, 0.2) is 0 Å². The highest BCUT2D eigenvalue weighted by Crippen LogP contribution is 2.37. The molecule has 4 aromatic rings. The number of halogens is 1. The number of aromatic nitrogens is 1. The third-order valence-electron chi connectivity index (χ3n) is 5.03. The Morgan fingerprint density at radius 1 is 0.933 bits per heavy atom. The summed E-state index contributed by atoms with van der Waals surface area (Å²) in [5.74, 6) is 0.614. The van der Waals surface area contributed by atoms with Crippen LogP contribution in [0.2, 0.25) is 5.02 Å². The largest absolute Gasteiger partial charge is 0.495 e. The van der Waals surface area contributed by atoms with Crippen LogP contribution >= 0.6 is 11.6 Å². The van der Waals surface area contributed by atoms with Crippen LogP contribution in [0.4, 0.5) is 11.4 Å². The fourth-order valence-electron chi connectivity index (χ4n) is 3.52. The predicted molar refractivity (Wildman–Crippen MR) is 120 cm³/mol. The van der Waals surface area contributed by atoms with Crippen LogP contribution in [0.3, 0.4) is 0 Å². The van der Waals surface area contributed by atoms with E-state index in [4.69, 9.17) is 26.8 Å². The van der Waals surface area contributed by atoms with Crippen molar-refractivity contribution in [3.05, 3.63) is 53.6 Å². The van der Waals surface area contributed by atoms with Crippen LogP contribution in [0, 0.1) is 0 Å². The van der Waals surface area contributed by atoms with Gasteiger partial charge in [-0.3, -0.25) is 4.72 Å². The number of ether oxygens (including phenoxy) is 2. The number of nitrogens with one attached hydrogen (secondary N) is 1. The van der Waals surface area contributed by atoms with Gasteiger partial charge in [0.05, 0.1) is 35.3 Å². The lowest BCUT2D eigenvalue weighted by atomic mass is 10.1. The van der Waals surface area contributed by atoms with Gasteiger partial charge in [-0.25, -0.2) is 8.42 Å². The van der Waals surface area contributed by atoms with Crippen molar-refractivity contribution < 1.29 is 17.9 Å². The molecule has 0 amide bonds. The first-order valence-electron chi connectivity index (χ1n) is 8.97. The number of hydrogen-bond donors (Lipinski definition) is 2. The van der Waals surface area contributed by atoms with Crippen LogP contribution in [0.25, 0.3) is 21.8 Å². The zero-order valence-electron chi connectivity index (χ0n) is 16.6. The Labute approximate surface area is 179 Å². The van der Waals surface area contributed by atoms with Crippen molar-refractivity contribution in [1.82, 2.24) is 4.57 Å². The number of nitrogen functional groups attached to an aromatic ring is 1. The molecule has 0 radical (unpaired) electrons. The molecule has 0 atom stereocenters. The second-order valence-electron chi connectivity index (χ2n) is 6.81. The van der Waals surface area contributed by atoms with E-state index in [0.717, 1.165) is 21.8 Å². The molecule has 3 aromatic carbocycles. The molecular weight excluding hydrogens is 426 g/mol. The summed E-state index contributed by atoms with van der Waals surface area (Å²) in [6, 6.07) is 13.5. The molecule has 30 heavy (non-hydrogen) atoms. The molecule has 0 spiro atoms. The molecule has 156 valence electrons. The Kier molecular flexibility index (Phi) is 4.91. The van der Waals surface area contributed by atoms with E-state index in [1.54, 1.807) is 24.3 Å². The number of fused-ring (bicyclic) bond motifs is 3. The van der Waals surface area contributed by atoms with Crippen molar-refractivity contribution >= 4 is 54.8 Å². The molecule has 7 nitrogen and oxygen atoms in total. The van der Waals surface area contributed by atoms with Crippen molar-refractivity contribution in [1.29, 1.82) is 0 Å². The monoisotopic (exact) mass is 445 g/mol. The summed E-state index contributed by atoms with van der Waals surface area (Å²) in [5.41, 5.74) is 8.61. The van der Waals surface area contributed by atoms with Gasteiger partial charge in [0.25, 0.3) is 10.0 Å². The zero-order valence-corrected chi connectivity index (χ0v) is 18.1. The van der Waals surface area contributed by atoms with Crippen LogP contribution in [0.5, 0.6) is 11.5 Å². The molecule has 0 unspecified atom stereocenters. The maximum atomic E-state index is 13.1. The number of benzene rings is 3. The Balaban J connectivity index is 1.83. The summed E-state index contributed by atoms with van der Waals surface area (Å²) >= 11 is 6.11. The first-order chi connectivity index (χ1) is 14.2. The number of aryl methyl sites for hydroxylation is 1. The van der Waals surface area contributed by atoms with E-state index in [0.29, 0.717) is 16.5 Å². The molecule has 1 aromatic heterocycles. The van der Waals surface area contributed by atoms with Crippen molar-refractivity contribution in [3.63, 3.8) is 0 Å². The van der Waals surface area contributed by atoms with E-state index in [1.165, 1.54) is 26.4 Å². The molecule has 0 aliphatic carbocycles. The van der Waals surface area contributed by atoms with Crippen LogP contribution in [0.15, 0.2) is 53.4 Å². The molecule has 3 N–H and O–H groups in total. The summed E-state index contributed by atoms with van der Waals surface area (Å²) in [7, 11) is 0.899. The minimum absolute atomic E-state index is 0.121. The topological polar surface area (TPSA) is 95.6 Å². The molecule has 9 heteroatoms. The number of anilines is 2. The maximum absolute atomic E-state index is 13.1. The highest BCUT2D eigenvalue weighted by atomic mass is 35.5. The second-order valence-corrected chi connectivity index (χ2v) is 8.90. The minimum atomic E-state index is -3.91. The van der Waals surface area contributed by atoms with Gasteiger partial charge in [-0.2, -0.15) is 0 Å². The van der Waals surface area contributed by atoms with E-state index in [1.807, 2.05) is 23.7 Å². The number of hydrogen-bond acceptors (Lipinski definition) is 5. The van der Waals surface area contributed by atoms with Crippen LogP contribution in [-0.2, 0) is 17.1 Å². The van der Waals surface area contributed by atoms with E-state index < -0.39 is 10.0 Å². The summed E-state index contributed by atoms with van der Waals surface area (Å²) in [4.78, 5) is 0.121. The normalized spacial score (nSPS) is 11.7. The molecule has 0 bridgehead atoms. The lowest BCUT2D eigenvalue weighted by Crippen LogP contribution is -2.13. The summed E-state index contributed by atoms with van der Waals surface area (Å²) in [6.45, 7) is 0. The molecule has 4 rings (SSSR count). The lowest BCUT2D eigenvalue weighted by molar-refractivity contribution is 0.405. The molecule has 0 fully saturated rings. The number of nitrogens with two attached hydrogens (primary N) is 1. The highest BCUT2D eigenvalue weighted by Gasteiger charge is 2.20. The zero-order chi connectivity index (χ0) is 21.6. The van der Waals surface area contributed by atoms with E-state index in [-0.39, 0.29) is 16.3 Å². The fraction of sp³-hybridized carbons (Fsp3) is 0.143. The summed E-state index contributed by atoms with van der Waals surface area (Å²) in [6.07, 6.45) is 0. The third-order valence-corrected chi connectivity index (χ3v) is 6.69. The number of nitrogens with zero attached hydrogens (tertiary/aromatic N) is 1. The molecule has 0 aliphatic rings. The Morgan fingerprint density at radius 2 is 1.67 bits per heavy atom. The SMILES string of the molecule is COc1cc(NS(=O)(=O)c2ccc3c(c2)c2ccc(N)cc2n3C)c(OC)cc1Cl. The van der Waals surface area contributed by atoms with Gasteiger partial charge in [0, 0.05) is 41.2 Å². The standard InChI is InChI=1S/C21H20ClN3O4S/c1-25-18-7-5-13(9-15(18)14-6-4-12(23)8-19(14)25)30(26,27)24-17-11-20(28-2)16(22)10-21(17)29-3/h4-11,24H,23H2,1-3H3. The van der Waals surface area contributed by atoms with Crippen molar-refractivity contribution in [3.8, 4) is 11.5 Å². The van der Waals surface area contributed by atoms with Gasteiger partial charge >= 0.3 is 0 Å². The second kappa shape index (κ2) is 7.30. The molecule has 0 aliphatic heterocycles. The fourth-order valence-corrected chi connectivity index (χ4v) is 4.84. The quantitative estimate of drug-likeness (QED) is 0.444. The summed E-state index contributed by atoms with van der Waals surface area (Å²) in [5, 5.41) is 2.05. The van der Waals surface area contributed by atoms with Crippen LogP contribution < -0.4 is 19.9 Å². The Bertz CT molecular complexity index is 1400. The third kappa shape index (κ3) is 3.28. The number of sulfonamides is 1. The predicted octanol–water partition coefficient (Wildman–Crippen LogP) is 4.39. The van der Waals surface area contributed by atoms with Crippen LogP contribution in [0.1, 0.15) is 0 Å². The van der Waals surface area contributed by atoms with Gasteiger partial charge in [-0.1, -0.05) is 17.7 Å². The average Bonchev–Trinajstić information content (AvgIpc) is 3.00. The molecule has 1 heterocycles. The molecular formula is C21H20ClN3O4S. The highest BCUT2D eigenvalue weighted by molar-refractivity contribution is 7.92. The van der Waals surface area contributed by atoms with Crippen molar-refractivity contribution in [2.24, 2.45) is 7.05 Å². The molecule has 0 saturated carbocycles. The van der Waals surface area contributed by atoms with E-state index >= 15 is 0 Å². The van der Waals surface area contributed by atoms with Crippen molar-refractivity contribution in [2.75, 3.05) is 24.7 Å². The van der Waals surface area contributed by atoms with E-state index in [9.17, 15) is 8.42 Å². The number of rotatable bonds is 5. The Hall–Kier alpha value is -3.10. The Morgan fingerprint density at radius 3 is 2.37 bits per heavy atom. The van der Waals surface area contributed by atoms with E-state index in [2.05, 4.69) is 4.72 Å². The van der Waals surface area contributed by atoms with Gasteiger partial charge in [-0.15, -0.1) is 0 Å². The van der Waals surface area contributed by atoms with Crippen LogP contribution in [-0.4, -0.2) is 27.2 Å². The maximum Gasteiger partial charge on any atom is 0.262 e. The van der Waals surface area contributed by atoms with Gasteiger partial charge in [0.1, 0.15) is 11.5 Å². The van der Waals surface area contributed by atoms with Gasteiger partial charge in [-0.05, 0) is 30.3 Å². The van der Waals surface area contributed by atoms with Gasteiger partial charge in [0.2, 0.25) is 0 Å². The first-order valence-corrected chi connectivity index (χ1v) is 10.8. The first kappa shape index (κ1) is 20.2. The number of methoxy groups -OCH3 is 2. The minimum Gasteiger partial charge on any atom is -0.495 e. The lowest BCUT2D eigenvalue weighted by Gasteiger charge is -2.14. The smallest absolute Gasteiger partial charge is 0.262 e. The van der Waals surface area contributed by atoms with Crippen molar-refractivity contribution in [2.45, 2.75) is 4.90 Å². The molecule has 0 saturated heterocycles. The average molecular weight is 446 g/mol. The summed E-state index contributed by atoms with van der Waals surface area (Å²) < 4.78 is 41.3.